The average molecular weight is 397 g/mol. The molecule has 0 aliphatic carbocycles. The Kier molecular flexibility index (Phi) is 7.23. The normalized spacial score (nSPS) is 9.89. The lowest BCUT2D eigenvalue weighted by atomic mass is 10.2. The van der Waals surface area contributed by atoms with E-state index < -0.39 is 5.82 Å². The zero-order valence-corrected chi connectivity index (χ0v) is 16.6. The van der Waals surface area contributed by atoms with Crippen LogP contribution in [0.1, 0.15) is 25.0 Å². The van der Waals surface area contributed by atoms with Gasteiger partial charge in [0.25, 0.3) is 0 Å². The molecule has 2 rings (SSSR count). The molecule has 0 bridgehead atoms. The Bertz CT molecular complexity index is 980. The molecule has 0 N–H and O–H groups in total. The predicted octanol–water partition coefficient (Wildman–Crippen LogP) is 5.62. The fraction of sp³-hybridized carbons (Fsp3) is 0.0909. The maximum Gasteiger partial charge on any atom is 0.219 e. The van der Waals surface area contributed by atoms with E-state index in [1.165, 1.54) is 12.1 Å². The summed E-state index contributed by atoms with van der Waals surface area (Å²) in [6.45, 7) is 10.4. The lowest BCUT2D eigenvalue weighted by Gasteiger charge is -2.02. The van der Waals surface area contributed by atoms with Crippen LogP contribution in [0, 0.1) is 17.7 Å². The van der Waals surface area contributed by atoms with Crippen molar-refractivity contribution in [3.8, 4) is 11.8 Å². The topological polar surface area (TPSA) is 34.1 Å². The van der Waals surface area contributed by atoms with E-state index in [0.29, 0.717) is 16.7 Å². The summed E-state index contributed by atoms with van der Waals surface area (Å²) in [5.74, 6) is 5.35. The summed E-state index contributed by atoms with van der Waals surface area (Å²) in [6, 6.07) is 11.7. The van der Waals surface area contributed by atoms with Crippen LogP contribution < -0.4 is 0 Å². The molecule has 27 heavy (non-hydrogen) atoms. The molecule has 0 heterocycles. The van der Waals surface area contributed by atoms with Crippen molar-refractivity contribution in [1.82, 2.24) is 0 Å². The summed E-state index contributed by atoms with van der Waals surface area (Å²) < 4.78 is 14.1. The van der Waals surface area contributed by atoms with Gasteiger partial charge in [-0.2, -0.15) is 0 Å². The van der Waals surface area contributed by atoms with E-state index in [0.717, 1.165) is 34.0 Å². The molecule has 2 aromatic rings. The van der Waals surface area contributed by atoms with Crippen molar-refractivity contribution < 1.29 is 14.0 Å². The maximum absolute atomic E-state index is 14.1. The first-order valence-corrected chi connectivity index (χ1v) is 9.56. The second-order valence-corrected chi connectivity index (χ2v) is 7.82. The van der Waals surface area contributed by atoms with Gasteiger partial charge in [-0.3, -0.25) is 9.59 Å². The van der Waals surface area contributed by atoms with Crippen LogP contribution in [0.2, 0.25) is 0 Å². The molecule has 0 amide bonds. The number of hydrogen-bond donors (Lipinski definition) is 0. The third-order valence-corrected chi connectivity index (χ3v) is 5.37. The van der Waals surface area contributed by atoms with Gasteiger partial charge < -0.3 is 0 Å². The van der Waals surface area contributed by atoms with E-state index in [-0.39, 0.29) is 15.1 Å². The van der Waals surface area contributed by atoms with Gasteiger partial charge in [0, 0.05) is 16.0 Å². The standard InChI is InChI=1S/C22H17FO2S2/c1-14(2)21(24)26-18-10-7-16(8-11-18)5-6-17-9-12-20(19(23)13-17)27-22(25)15(3)4/h7-13H,1,3H2,2,4H3. The highest BCUT2D eigenvalue weighted by atomic mass is 32.2. The van der Waals surface area contributed by atoms with Crippen LogP contribution in [0.15, 0.2) is 76.6 Å². The molecule has 0 fully saturated rings. The van der Waals surface area contributed by atoms with Crippen LogP contribution in [0.3, 0.4) is 0 Å². The SMILES string of the molecule is C=C(C)C(=O)Sc1ccc(C#Cc2ccc(SC(=O)C(=C)C)c(F)c2)cc1. The van der Waals surface area contributed by atoms with Gasteiger partial charge in [-0.25, -0.2) is 4.39 Å². The molecule has 0 aromatic heterocycles. The van der Waals surface area contributed by atoms with E-state index in [2.05, 4.69) is 25.0 Å². The van der Waals surface area contributed by atoms with Gasteiger partial charge in [-0.15, -0.1) is 0 Å². The minimum absolute atomic E-state index is 0.0765. The first-order valence-electron chi connectivity index (χ1n) is 7.93. The first kappa shape index (κ1) is 20.8. The monoisotopic (exact) mass is 396 g/mol. The molecule has 0 saturated carbocycles. The largest absolute Gasteiger partial charge is 0.282 e. The number of hydrogen-bond acceptors (Lipinski definition) is 4. The van der Waals surface area contributed by atoms with Gasteiger partial charge in [0.1, 0.15) is 5.82 Å². The van der Waals surface area contributed by atoms with Crippen molar-refractivity contribution in [1.29, 1.82) is 0 Å². The third-order valence-electron chi connectivity index (χ3n) is 3.25. The van der Waals surface area contributed by atoms with Crippen molar-refractivity contribution in [3.63, 3.8) is 0 Å². The Morgan fingerprint density at radius 2 is 1.37 bits per heavy atom. The fourth-order valence-corrected chi connectivity index (χ4v) is 3.12. The summed E-state index contributed by atoms with van der Waals surface area (Å²) in [4.78, 5) is 24.3. The molecule has 0 unspecified atom stereocenters. The Morgan fingerprint density at radius 1 is 0.852 bits per heavy atom. The number of rotatable bonds is 4. The highest BCUT2D eigenvalue weighted by Crippen LogP contribution is 2.25. The highest BCUT2D eigenvalue weighted by Gasteiger charge is 2.10. The molecule has 2 nitrogen and oxygen atoms in total. The number of halogens is 1. The lowest BCUT2D eigenvalue weighted by molar-refractivity contribution is -0.108. The summed E-state index contributed by atoms with van der Waals surface area (Å²) in [7, 11) is 0. The molecule has 0 spiro atoms. The van der Waals surface area contributed by atoms with Crippen molar-refractivity contribution in [2.24, 2.45) is 0 Å². The quantitative estimate of drug-likeness (QED) is 0.382. The molecule has 0 aliphatic rings. The van der Waals surface area contributed by atoms with Gasteiger partial charge in [0.2, 0.25) is 10.2 Å². The number of carbonyl (C=O) groups excluding carboxylic acids is 2. The van der Waals surface area contributed by atoms with Gasteiger partial charge >= 0.3 is 0 Å². The third kappa shape index (κ3) is 6.28. The molecule has 0 atom stereocenters. The second kappa shape index (κ2) is 9.40. The molecule has 0 radical (unpaired) electrons. The Hall–Kier alpha value is -2.55. The number of carbonyl (C=O) groups is 2. The zero-order chi connectivity index (χ0) is 20.0. The van der Waals surface area contributed by atoms with Crippen molar-refractivity contribution >= 4 is 33.8 Å². The van der Waals surface area contributed by atoms with Crippen molar-refractivity contribution in [3.05, 3.63) is 83.7 Å². The van der Waals surface area contributed by atoms with Crippen molar-refractivity contribution in [2.45, 2.75) is 23.6 Å². The molecule has 5 heteroatoms. The molecular weight excluding hydrogens is 379 g/mol. The Balaban J connectivity index is 2.10. The second-order valence-electron chi connectivity index (χ2n) is 5.76. The summed E-state index contributed by atoms with van der Waals surface area (Å²) in [6.07, 6.45) is 0. The van der Waals surface area contributed by atoms with Gasteiger partial charge in [-0.1, -0.05) is 25.0 Å². The minimum atomic E-state index is -0.494. The Morgan fingerprint density at radius 3 is 1.93 bits per heavy atom. The molecule has 2 aromatic carbocycles. The minimum Gasteiger partial charge on any atom is -0.282 e. The van der Waals surface area contributed by atoms with E-state index >= 15 is 0 Å². The van der Waals surface area contributed by atoms with Crippen LogP contribution in [0.25, 0.3) is 0 Å². The zero-order valence-electron chi connectivity index (χ0n) is 15.0. The Labute approximate surface area is 166 Å². The number of thioether (sulfide) groups is 2. The molecule has 136 valence electrons. The summed E-state index contributed by atoms with van der Waals surface area (Å²) in [5, 5.41) is -0.344. The smallest absolute Gasteiger partial charge is 0.219 e. The summed E-state index contributed by atoms with van der Waals surface area (Å²) in [5.41, 5.74) is 2.13. The van der Waals surface area contributed by atoms with Crippen molar-refractivity contribution in [2.75, 3.05) is 0 Å². The van der Waals surface area contributed by atoms with Crippen LogP contribution in [0.4, 0.5) is 4.39 Å². The number of benzene rings is 2. The van der Waals surface area contributed by atoms with E-state index in [9.17, 15) is 14.0 Å². The fourth-order valence-electron chi connectivity index (χ4n) is 1.79. The molecule has 0 aliphatic heterocycles. The van der Waals surface area contributed by atoms with E-state index in [1.54, 1.807) is 44.2 Å². The predicted molar refractivity (Wildman–Crippen MR) is 110 cm³/mol. The van der Waals surface area contributed by atoms with Gasteiger partial charge in [-0.05, 0) is 91.0 Å². The van der Waals surface area contributed by atoms with E-state index in [1.807, 2.05) is 0 Å². The van der Waals surface area contributed by atoms with Gasteiger partial charge in [0.05, 0.1) is 4.90 Å². The van der Waals surface area contributed by atoms with Crippen LogP contribution >= 0.6 is 23.5 Å². The summed E-state index contributed by atoms with van der Waals surface area (Å²) >= 11 is 1.93. The first-order chi connectivity index (χ1) is 12.8. The molecular formula is C22H17FO2S2. The maximum atomic E-state index is 14.1. The van der Waals surface area contributed by atoms with E-state index in [4.69, 9.17) is 0 Å². The average Bonchev–Trinajstić information content (AvgIpc) is 2.62. The van der Waals surface area contributed by atoms with Gasteiger partial charge in [0.15, 0.2) is 0 Å². The molecule has 0 saturated heterocycles. The highest BCUT2D eigenvalue weighted by molar-refractivity contribution is 8.14. The van der Waals surface area contributed by atoms with Crippen LogP contribution in [-0.4, -0.2) is 10.2 Å². The van der Waals surface area contributed by atoms with Crippen LogP contribution in [0.5, 0.6) is 0 Å². The lowest BCUT2D eigenvalue weighted by Crippen LogP contribution is -1.93. The van der Waals surface area contributed by atoms with Crippen LogP contribution in [-0.2, 0) is 9.59 Å².